The Morgan fingerprint density at radius 3 is 2.75 bits per heavy atom. The van der Waals surface area contributed by atoms with Gasteiger partial charge in [0.15, 0.2) is 17.3 Å². The summed E-state index contributed by atoms with van der Waals surface area (Å²) in [5.41, 5.74) is 6.43. The Hall–Kier alpha value is -1.37. The summed E-state index contributed by atoms with van der Waals surface area (Å²) in [6.45, 7) is 3.34. The van der Waals surface area contributed by atoms with Crippen molar-refractivity contribution in [2.45, 2.75) is 18.6 Å². The van der Waals surface area contributed by atoms with Crippen LogP contribution in [0.25, 0.3) is 0 Å². The molecule has 6 heteroatoms. The molecule has 0 bridgehead atoms. The number of hydrogen-bond donors (Lipinski definition) is 2. The van der Waals surface area contributed by atoms with Crippen LogP contribution in [0.4, 0.5) is 4.39 Å². The molecule has 2 heterocycles. The minimum Gasteiger partial charge on any atom is -0.486 e. The summed E-state index contributed by atoms with van der Waals surface area (Å²) in [5.74, 6) is -0.0719. The highest BCUT2D eigenvalue weighted by atomic mass is 19.1. The van der Waals surface area contributed by atoms with Crippen LogP contribution < -0.4 is 15.2 Å². The van der Waals surface area contributed by atoms with Crippen LogP contribution in [0, 0.1) is 5.82 Å². The van der Waals surface area contributed by atoms with Crippen LogP contribution in [0.15, 0.2) is 12.1 Å². The molecule has 1 saturated heterocycles. The van der Waals surface area contributed by atoms with E-state index in [1.807, 2.05) is 0 Å². The van der Waals surface area contributed by atoms with Crippen LogP contribution in [0.1, 0.15) is 18.1 Å². The second-order valence-electron chi connectivity index (χ2n) is 5.29. The van der Waals surface area contributed by atoms with E-state index in [1.165, 1.54) is 12.5 Å². The van der Waals surface area contributed by atoms with Crippen LogP contribution in [-0.2, 0) is 0 Å². The maximum Gasteiger partial charge on any atom is 0.197 e. The molecule has 5 nitrogen and oxygen atoms in total. The number of likely N-dealkylation sites (tertiary alicyclic amines) is 1. The van der Waals surface area contributed by atoms with Gasteiger partial charge in [0.25, 0.3) is 0 Å². The zero-order chi connectivity index (χ0) is 14.1. The molecule has 0 amide bonds. The molecular weight excluding hydrogens is 263 g/mol. The Kier molecular flexibility index (Phi) is 3.78. The third kappa shape index (κ3) is 2.59. The van der Waals surface area contributed by atoms with Crippen molar-refractivity contribution in [1.29, 1.82) is 0 Å². The van der Waals surface area contributed by atoms with Crippen molar-refractivity contribution < 1.29 is 19.0 Å². The summed E-state index contributed by atoms with van der Waals surface area (Å²) in [7, 11) is 0. The average molecular weight is 282 g/mol. The Morgan fingerprint density at radius 1 is 1.30 bits per heavy atom. The maximum atomic E-state index is 13.9. The second kappa shape index (κ2) is 5.55. The van der Waals surface area contributed by atoms with Crippen molar-refractivity contribution >= 4 is 0 Å². The predicted octanol–water partition coefficient (Wildman–Crippen LogP) is 0.663. The maximum absolute atomic E-state index is 13.9. The lowest BCUT2D eigenvalue weighted by molar-refractivity contribution is 0.0945. The minimum absolute atomic E-state index is 0.114. The number of fused-ring (bicyclic) bond motifs is 1. The van der Waals surface area contributed by atoms with Crippen LogP contribution in [0.2, 0.25) is 0 Å². The lowest BCUT2D eigenvalue weighted by Gasteiger charge is -2.34. The van der Waals surface area contributed by atoms with Gasteiger partial charge in [-0.15, -0.1) is 0 Å². The first-order chi connectivity index (χ1) is 9.65. The Morgan fingerprint density at radius 2 is 2.05 bits per heavy atom. The van der Waals surface area contributed by atoms with Gasteiger partial charge in [-0.05, 0) is 37.2 Å². The first-order valence-electron chi connectivity index (χ1n) is 6.90. The van der Waals surface area contributed by atoms with Gasteiger partial charge in [-0.3, -0.25) is 0 Å². The summed E-state index contributed by atoms with van der Waals surface area (Å²) >= 11 is 0. The number of nitrogens with two attached hydrogens (primary N) is 1. The molecule has 0 spiro atoms. The van der Waals surface area contributed by atoms with E-state index >= 15 is 0 Å². The van der Waals surface area contributed by atoms with Crippen molar-refractivity contribution in [3.63, 3.8) is 0 Å². The average Bonchev–Trinajstić information content (AvgIpc) is 2.41. The van der Waals surface area contributed by atoms with Crippen LogP contribution in [0.3, 0.4) is 0 Å². The van der Waals surface area contributed by atoms with Crippen LogP contribution >= 0.6 is 0 Å². The summed E-state index contributed by atoms with van der Waals surface area (Å²) in [4.78, 5) is 2.17. The molecule has 0 aliphatic carbocycles. The topological polar surface area (TPSA) is 68.0 Å². The normalized spacial score (nSPS) is 21.1. The van der Waals surface area contributed by atoms with Crippen LogP contribution in [-0.4, -0.2) is 48.9 Å². The van der Waals surface area contributed by atoms with Gasteiger partial charge in [0.05, 0.1) is 6.10 Å². The summed E-state index contributed by atoms with van der Waals surface area (Å²) in [5, 5.41) is 10.3. The van der Waals surface area contributed by atoms with E-state index < -0.39 is 18.0 Å². The quantitative estimate of drug-likeness (QED) is 0.849. The molecule has 110 valence electrons. The van der Waals surface area contributed by atoms with Gasteiger partial charge in [0.1, 0.15) is 13.2 Å². The zero-order valence-electron chi connectivity index (χ0n) is 11.2. The fourth-order valence-corrected chi connectivity index (χ4v) is 2.51. The molecule has 20 heavy (non-hydrogen) atoms. The minimum atomic E-state index is -0.916. The second-order valence-corrected chi connectivity index (χ2v) is 5.29. The Bertz CT molecular complexity index is 494. The molecule has 1 fully saturated rings. The van der Waals surface area contributed by atoms with Crippen molar-refractivity contribution in [3.8, 4) is 11.5 Å². The molecule has 0 radical (unpaired) electrons. The Balaban J connectivity index is 1.76. The highest BCUT2D eigenvalue weighted by Crippen LogP contribution is 2.36. The first kappa shape index (κ1) is 13.6. The van der Waals surface area contributed by atoms with Gasteiger partial charge in [0, 0.05) is 12.6 Å². The van der Waals surface area contributed by atoms with Gasteiger partial charge < -0.3 is 25.2 Å². The predicted molar refractivity (Wildman–Crippen MR) is 71.4 cm³/mol. The van der Waals surface area contributed by atoms with Crippen molar-refractivity contribution in [2.24, 2.45) is 5.73 Å². The van der Waals surface area contributed by atoms with E-state index in [-0.39, 0.29) is 5.75 Å². The molecule has 0 aromatic heterocycles. The molecule has 0 saturated carbocycles. The summed E-state index contributed by atoms with van der Waals surface area (Å²) in [6, 6.07) is 2.43. The number of halogens is 1. The molecule has 1 aromatic carbocycles. The molecule has 2 aliphatic rings. The highest BCUT2D eigenvalue weighted by molar-refractivity contribution is 5.46. The smallest absolute Gasteiger partial charge is 0.197 e. The first-order valence-corrected chi connectivity index (χ1v) is 6.90. The van der Waals surface area contributed by atoms with E-state index in [2.05, 4.69) is 4.90 Å². The van der Waals surface area contributed by atoms with Gasteiger partial charge in [-0.2, -0.15) is 0 Å². The third-order valence-electron chi connectivity index (χ3n) is 3.78. The monoisotopic (exact) mass is 282 g/mol. The SMILES string of the molecule is N[C@H](CN1CCC1)C(O)c1cc(F)c2c(c1)OCCO2. The van der Waals surface area contributed by atoms with Crippen molar-refractivity contribution in [2.75, 3.05) is 32.8 Å². The fraction of sp³-hybridized carbons (Fsp3) is 0.571. The zero-order valence-corrected chi connectivity index (χ0v) is 11.2. The van der Waals surface area contributed by atoms with E-state index in [9.17, 15) is 9.50 Å². The molecule has 3 rings (SSSR count). The van der Waals surface area contributed by atoms with Crippen LogP contribution in [0.5, 0.6) is 11.5 Å². The van der Waals surface area contributed by atoms with E-state index in [0.29, 0.717) is 31.1 Å². The molecule has 2 atom stereocenters. The van der Waals surface area contributed by atoms with E-state index in [1.54, 1.807) is 6.07 Å². The number of nitrogens with zero attached hydrogens (tertiary/aromatic N) is 1. The summed E-state index contributed by atoms with van der Waals surface area (Å²) in [6.07, 6.45) is 0.252. The van der Waals surface area contributed by atoms with E-state index in [0.717, 1.165) is 13.1 Å². The molecule has 1 aromatic rings. The lowest BCUT2D eigenvalue weighted by Crippen LogP contribution is -2.47. The number of rotatable bonds is 4. The van der Waals surface area contributed by atoms with Gasteiger partial charge in [0.2, 0.25) is 0 Å². The number of hydrogen-bond acceptors (Lipinski definition) is 5. The highest BCUT2D eigenvalue weighted by Gasteiger charge is 2.26. The lowest BCUT2D eigenvalue weighted by atomic mass is 10.0. The van der Waals surface area contributed by atoms with Gasteiger partial charge >= 0.3 is 0 Å². The number of aliphatic hydroxyl groups excluding tert-OH is 1. The molecule has 1 unspecified atom stereocenters. The fourth-order valence-electron chi connectivity index (χ4n) is 2.51. The van der Waals surface area contributed by atoms with Gasteiger partial charge in [-0.1, -0.05) is 0 Å². The Labute approximate surface area is 117 Å². The van der Waals surface area contributed by atoms with Gasteiger partial charge in [-0.25, -0.2) is 4.39 Å². The molecule has 3 N–H and O–H groups in total. The number of benzene rings is 1. The largest absolute Gasteiger partial charge is 0.486 e. The van der Waals surface area contributed by atoms with Crippen molar-refractivity contribution in [1.82, 2.24) is 4.90 Å². The molecular formula is C14H19FN2O3. The van der Waals surface area contributed by atoms with E-state index in [4.69, 9.17) is 15.2 Å². The number of aliphatic hydroxyl groups is 1. The number of ether oxygens (including phenoxy) is 2. The van der Waals surface area contributed by atoms with Crippen molar-refractivity contribution in [3.05, 3.63) is 23.5 Å². The third-order valence-corrected chi connectivity index (χ3v) is 3.78. The standard InChI is InChI=1S/C14H19FN2O3/c15-10-6-9(7-12-14(10)20-5-4-19-12)13(18)11(16)8-17-2-1-3-17/h6-7,11,13,18H,1-5,8,16H2/t11-,13?/m1/s1. The molecule has 2 aliphatic heterocycles. The summed E-state index contributed by atoms with van der Waals surface area (Å²) < 4.78 is 24.5.